The number of nitrogens with zero attached hydrogens (tertiary/aromatic N) is 2. The van der Waals surface area contributed by atoms with Crippen molar-refractivity contribution in [2.45, 2.75) is 6.92 Å². The van der Waals surface area contributed by atoms with E-state index in [1.807, 2.05) is 13.0 Å². The van der Waals surface area contributed by atoms with Gasteiger partial charge < -0.3 is 0 Å². The van der Waals surface area contributed by atoms with Crippen molar-refractivity contribution >= 4 is 17.2 Å². The molecule has 13 heavy (non-hydrogen) atoms. The Balaban J connectivity index is 2.81. The summed E-state index contributed by atoms with van der Waals surface area (Å²) >= 11 is 0. The van der Waals surface area contributed by atoms with Crippen molar-refractivity contribution in [1.82, 2.24) is 9.97 Å². The molecule has 0 saturated heterocycles. The number of carbonyl (C=O) groups excluding carboxylic acids is 1. The van der Waals surface area contributed by atoms with E-state index in [2.05, 4.69) is 9.97 Å². The molecule has 3 heteroatoms. The Labute approximate surface area is 75.4 Å². The Bertz CT molecular complexity index is 465. The molecule has 0 saturated carbocycles. The largest absolute Gasteiger partial charge is 0.298 e. The SMILES string of the molecule is Cc1ncnc2ccc(C=O)cc12. The standard InChI is InChI=1S/C10H8N2O/c1-7-9-4-8(5-13)2-3-10(9)12-6-11-7/h2-6H,1H3. The van der Waals surface area contributed by atoms with Gasteiger partial charge in [0.2, 0.25) is 0 Å². The predicted molar refractivity (Wildman–Crippen MR) is 49.7 cm³/mol. The molecule has 1 heterocycles. The average Bonchev–Trinajstić information content (AvgIpc) is 2.18. The lowest BCUT2D eigenvalue weighted by Crippen LogP contribution is -1.88. The number of fused-ring (bicyclic) bond motifs is 1. The van der Waals surface area contributed by atoms with Gasteiger partial charge in [0.1, 0.15) is 12.6 Å². The number of rotatable bonds is 1. The first kappa shape index (κ1) is 7.86. The van der Waals surface area contributed by atoms with Crippen LogP contribution < -0.4 is 0 Å². The molecule has 1 aromatic carbocycles. The first-order valence-corrected chi connectivity index (χ1v) is 3.98. The summed E-state index contributed by atoms with van der Waals surface area (Å²) in [5.41, 5.74) is 2.43. The molecule has 0 aliphatic heterocycles. The summed E-state index contributed by atoms with van der Waals surface area (Å²) in [6, 6.07) is 5.38. The van der Waals surface area contributed by atoms with Crippen molar-refractivity contribution in [3.05, 3.63) is 35.8 Å². The maximum absolute atomic E-state index is 10.5. The molecule has 1 aromatic heterocycles. The van der Waals surface area contributed by atoms with E-state index in [0.29, 0.717) is 5.56 Å². The molecule has 0 unspecified atom stereocenters. The average molecular weight is 172 g/mol. The predicted octanol–water partition coefficient (Wildman–Crippen LogP) is 1.75. The molecule has 0 spiro atoms. The lowest BCUT2D eigenvalue weighted by Gasteiger charge is -1.99. The van der Waals surface area contributed by atoms with Crippen LogP contribution >= 0.6 is 0 Å². The lowest BCUT2D eigenvalue weighted by molar-refractivity contribution is 0.112. The summed E-state index contributed by atoms with van der Waals surface area (Å²) in [4.78, 5) is 18.7. The third-order valence-electron chi connectivity index (χ3n) is 1.99. The topological polar surface area (TPSA) is 42.9 Å². The van der Waals surface area contributed by atoms with Crippen LogP contribution in [0.1, 0.15) is 16.1 Å². The highest BCUT2D eigenvalue weighted by Crippen LogP contribution is 2.14. The van der Waals surface area contributed by atoms with E-state index in [-0.39, 0.29) is 0 Å². The van der Waals surface area contributed by atoms with E-state index in [0.717, 1.165) is 22.9 Å². The van der Waals surface area contributed by atoms with Gasteiger partial charge in [-0.15, -0.1) is 0 Å². The van der Waals surface area contributed by atoms with Crippen molar-refractivity contribution in [3.8, 4) is 0 Å². The number of hydrogen-bond acceptors (Lipinski definition) is 3. The maximum Gasteiger partial charge on any atom is 0.150 e. The van der Waals surface area contributed by atoms with Crippen molar-refractivity contribution in [3.63, 3.8) is 0 Å². The molecule has 0 radical (unpaired) electrons. The van der Waals surface area contributed by atoms with Crippen LogP contribution in [0.2, 0.25) is 0 Å². The summed E-state index contributed by atoms with van der Waals surface area (Å²) in [5, 5.41) is 0.937. The highest BCUT2D eigenvalue weighted by atomic mass is 16.1. The smallest absolute Gasteiger partial charge is 0.150 e. The number of benzene rings is 1. The van der Waals surface area contributed by atoms with Gasteiger partial charge in [-0.25, -0.2) is 9.97 Å². The molecule has 0 atom stereocenters. The molecule has 0 fully saturated rings. The second-order valence-electron chi connectivity index (χ2n) is 2.85. The van der Waals surface area contributed by atoms with Crippen molar-refractivity contribution in [2.24, 2.45) is 0 Å². The molecule has 3 nitrogen and oxygen atoms in total. The van der Waals surface area contributed by atoms with Crippen LogP contribution in [-0.2, 0) is 0 Å². The van der Waals surface area contributed by atoms with Gasteiger partial charge in [-0.2, -0.15) is 0 Å². The molecular weight excluding hydrogens is 164 g/mol. The third-order valence-corrected chi connectivity index (χ3v) is 1.99. The molecule has 2 rings (SSSR count). The van der Waals surface area contributed by atoms with Crippen LogP contribution in [-0.4, -0.2) is 16.3 Å². The Kier molecular flexibility index (Phi) is 1.77. The van der Waals surface area contributed by atoms with Gasteiger partial charge >= 0.3 is 0 Å². The Morgan fingerprint density at radius 1 is 1.31 bits per heavy atom. The fourth-order valence-corrected chi connectivity index (χ4v) is 1.28. The van der Waals surface area contributed by atoms with Gasteiger partial charge in [-0.3, -0.25) is 4.79 Å². The molecule has 2 aromatic rings. The zero-order valence-corrected chi connectivity index (χ0v) is 7.19. The first-order valence-electron chi connectivity index (χ1n) is 3.98. The number of aldehydes is 1. The van der Waals surface area contributed by atoms with E-state index < -0.39 is 0 Å². The Morgan fingerprint density at radius 3 is 2.92 bits per heavy atom. The van der Waals surface area contributed by atoms with Crippen LogP contribution in [0, 0.1) is 6.92 Å². The molecule has 64 valence electrons. The summed E-state index contributed by atoms with van der Waals surface area (Å²) < 4.78 is 0. The van der Waals surface area contributed by atoms with E-state index in [4.69, 9.17) is 0 Å². The minimum atomic E-state index is 0.658. The second-order valence-corrected chi connectivity index (χ2v) is 2.85. The van der Waals surface area contributed by atoms with E-state index in [9.17, 15) is 4.79 Å². The summed E-state index contributed by atoms with van der Waals surface area (Å²) in [7, 11) is 0. The molecule has 0 aliphatic carbocycles. The van der Waals surface area contributed by atoms with Gasteiger partial charge in [0.05, 0.1) is 5.52 Å². The molecular formula is C10H8N2O. The summed E-state index contributed by atoms with van der Waals surface area (Å²) in [6.45, 7) is 1.90. The van der Waals surface area contributed by atoms with Crippen LogP contribution in [0.5, 0.6) is 0 Å². The zero-order chi connectivity index (χ0) is 9.26. The fraction of sp³-hybridized carbons (Fsp3) is 0.100. The van der Waals surface area contributed by atoms with Crippen molar-refractivity contribution in [1.29, 1.82) is 0 Å². The number of aromatic nitrogens is 2. The Morgan fingerprint density at radius 2 is 2.15 bits per heavy atom. The van der Waals surface area contributed by atoms with E-state index >= 15 is 0 Å². The van der Waals surface area contributed by atoms with Gasteiger partial charge in [0.25, 0.3) is 0 Å². The zero-order valence-electron chi connectivity index (χ0n) is 7.19. The first-order chi connectivity index (χ1) is 6.31. The highest BCUT2D eigenvalue weighted by Gasteiger charge is 1.99. The maximum atomic E-state index is 10.5. The quantitative estimate of drug-likeness (QED) is 0.615. The van der Waals surface area contributed by atoms with Gasteiger partial charge in [0.15, 0.2) is 0 Å². The Hall–Kier alpha value is -1.77. The summed E-state index contributed by atoms with van der Waals surface area (Å²) in [5.74, 6) is 0. The summed E-state index contributed by atoms with van der Waals surface area (Å²) in [6.07, 6.45) is 2.35. The third kappa shape index (κ3) is 1.28. The minimum absolute atomic E-state index is 0.658. The van der Waals surface area contributed by atoms with Crippen LogP contribution in [0.15, 0.2) is 24.5 Å². The molecule has 0 aliphatic rings. The number of carbonyl (C=O) groups is 1. The molecule has 0 amide bonds. The second kappa shape index (κ2) is 2.94. The van der Waals surface area contributed by atoms with Gasteiger partial charge in [0, 0.05) is 16.6 Å². The van der Waals surface area contributed by atoms with Crippen LogP contribution in [0.25, 0.3) is 10.9 Å². The van der Waals surface area contributed by atoms with E-state index in [1.165, 1.54) is 6.33 Å². The van der Waals surface area contributed by atoms with Gasteiger partial charge in [-0.1, -0.05) is 0 Å². The fourth-order valence-electron chi connectivity index (χ4n) is 1.28. The number of hydrogen-bond donors (Lipinski definition) is 0. The van der Waals surface area contributed by atoms with Crippen molar-refractivity contribution < 1.29 is 4.79 Å². The number of aryl methyl sites for hydroxylation is 1. The monoisotopic (exact) mass is 172 g/mol. The molecule has 0 N–H and O–H groups in total. The molecule has 0 bridgehead atoms. The van der Waals surface area contributed by atoms with E-state index in [1.54, 1.807) is 12.1 Å². The van der Waals surface area contributed by atoms with Crippen molar-refractivity contribution in [2.75, 3.05) is 0 Å². The van der Waals surface area contributed by atoms with Crippen LogP contribution in [0.3, 0.4) is 0 Å². The van der Waals surface area contributed by atoms with Crippen LogP contribution in [0.4, 0.5) is 0 Å². The minimum Gasteiger partial charge on any atom is -0.298 e. The highest BCUT2D eigenvalue weighted by molar-refractivity contribution is 5.87. The lowest BCUT2D eigenvalue weighted by atomic mass is 10.1. The van der Waals surface area contributed by atoms with Gasteiger partial charge in [-0.05, 0) is 25.1 Å². The normalized spacial score (nSPS) is 10.2.